The molecule has 0 aromatic heterocycles. The average molecular weight is 600 g/mol. The number of benzene rings is 4. The van der Waals surface area contributed by atoms with Crippen LogP contribution in [0.2, 0.25) is 0 Å². The first-order valence-electron chi connectivity index (χ1n) is 12.5. The van der Waals surface area contributed by atoms with Crippen LogP contribution in [-0.4, -0.2) is 23.1 Å². The molecule has 39 heavy (non-hydrogen) atoms. The molecule has 5 rings (SSSR count). The molecule has 1 aliphatic heterocycles. The molecule has 1 amide bonds. The first kappa shape index (κ1) is 26.8. The number of hydrogen-bond acceptors (Lipinski definition) is 5. The topological polar surface area (TPSA) is 51.1 Å². The van der Waals surface area contributed by atoms with Gasteiger partial charge in [0.1, 0.15) is 6.61 Å². The van der Waals surface area contributed by atoms with E-state index >= 15 is 0 Å². The van der Waals surface area contributed by atoms with Gasteiger partial charge in [-0.25, -0.2) is 4.99 Å². The van der Waals surface area contributed by atoms with Crippen LogP contribution in [0.1, 0.15) is 29.7 Å². The maximum absolute atomic E-state index is 13.7. The van der Waals surface area contributed by atoms with Gasteiger partial charge in [-0.15, -0.1) is 0 Å². The van der Waals surface area contributed by atoms with Crippen LogP contribution in [0, 0.1) is 0 Å². The first-order chi connectivity index (χ1) is 19.0. The van der Waals surface area contributed by atoms with Crippen molar-refractivity contribution in [2.45, 2.75) is 19.6 Å². The summed E-state index contributed by atoms with van der Waals surface area (Å²) in [6.45, 7) is 2.45. The molecule has 196 valence electrons. The molecule has 0 bridgehead atoms. The zero-order valence-electron chi connectivity index (χ0n) is 21.6. The molecule has 1 atom stereocenters. The van der Waals surface area contributed by atoms with Gasteiger partial charge in [-0.1, -0.05) is 82.7 Å². The minimum Gasteiger partial charge on any atom is -0.493 e. The number of carbonyl (C=O) groups is 1. The predicted molar refractivity (Wildman–Crippen MR) is 162 cm³/mol. The summed E-state index contributed by atoms with van der Waals surface area (Å²) in [5.74, 6) is 1.16. The van der Waals surface area contributed by atoms with Gasteiger partial charge >= 0.3 is 0 Å². The number of rotatable bonds is 8. The van der Waals surface area contributed by atoms with Crippen molar-refractivity contribution in [2.24, 2.45) is 4.99 Å². The monoisotopic (exact) mass is 598 g/mol. The number of amidine groups is 1. The molecule has 0 aliphatic carbocycles. The smallest absolute Gasteiger partial charge is 0.267 e. The van der Waals surface area contributed by atoms with Crippen LogP contribution in [-0.2, 0) is 11.4 Å². The molecule has 0 N–H and O–H groups in total. The lowest BCUT2D eigenvalue weighted by atomic mass is 10.1. The van der Waals surface area contributed by atoms with E-state index in [0.717, 1.165) is 26.9 Å². The molecule has 1 aliphatic rings. The fourth-order valence-electron chi connectivity index (χ4n) is 4.19. The fraction of sp³-hybridized carbons (Fsp3) is 0.125. The van der Waals surface area contributed by atoms with E-state index < -0.39 is 0 Å². The van der Waals surface area contributed by atoms with E-state index in [0.29, 0.717) is 28.2 Å². The third-order valence-electron chi connectivity index (χ3n) is 6.28. The molecule has 1 saturated heterocycles. The van der Waals surface area contributed by atoms with Crippen molar-refractivity contribution in [1.29, 1.82) is 0 Å². The maximum Gasteiger partial charge on any atom is 0.267 e. The number of methoxy groups -OCH3 is 1. The van der Waals surface area contributed by atoms with E-state index in [2.05, 4.69) is 15.9 Å². The van der Waals surface area contributed by atoms with Gasteiger partial charge < -0.3 is 9.47 Å². The van der Waals surface area contributed by atoms with Gasteiger partial charge in [0.25, 0.3) is 5.91 Å². The van der Waals surface area contributed by atoms with Crippen LogP contribution in [0.3, 0.4) is 0 Å². The molecule has 1 fully saturated rings. The summed E-state index contributed by atoms with van der Waals surface area (Å²) in [5.41, 5.74) is 3.74. The molecular weight excluding hydrogens is 572 g/mol. The number of carbonyl (C=O) groups excluding carboxylic acids is 1. The molecule has 0 spiro atoms. The van der Waals surface area contributed by atoms with Gasteiger partial charge in [-0.3, -0.25) is 9.69 Å². The molecule has 4 aromatic carbocycles. The van der Waals surface area contributed by atoms with Crippen molar-refractivity contribution in [3.8, 4) is 11.5 Å². The summed E-state index contributed by atoms with van der Waals surface area (Å²) in [7, 11) is 1.61. The number of ether oxygens (including phenoxy) is 2. The van der Waals surface area contributed by atoms with Crippen molar-refractivity contribution < 1.29 is 14.3 Å². The Kier molecular flexibility index (Phi) is 8.49. The Morgan fingerprint density at radius 3 is 2.31 bits per heavy atom. The number of nitrogens with zero attached hydrogens (tertiary/aromatic N) is 2. The molecule has 5 nitrogen and oxygen atoms in total. The second-order valence-electron chi connectivity index (χ2n) is 8.93. The van der Waals surface area contributed by atoms with E-state index in [9.17, 15) is 4.79 Å². The summed E-state index contributed by atoms with van der Waals surface area (Å²) < 4.78 is 12.7. The Bertz CT molecular complexity index is 1510. The van der Waals surface area contributed by atoms with Crippen molar-refractivity contribution in [1.82, 2.24) is 4.90 Å². The SMILES string of the molecule is COc1cc(/C=C2/SC(=Nc3ccccc3)N([C@H](C)c3ccccc3)C2=O)ccc1OCc1ccc(Br)cc1. The minimum absolute atomic E-state index is 0.0828. The second kappa shape index (κ2) is 12.4. The summed E-state index contributed by atoms with van der Waals surface area (Å²) >= 11 is 4.83. The number of amides is 1. The van der Waals surface area contributed by atoms with E-state index in [1.165, 1.54) is 11.8 Å². The Hall–Kier alpha value is -3.81. The number of hydrogen-bond donors (Lipinski definition) is 0. The van der Waals surface area contributed by atoms with Crippen molar-refractivity contribution >= 4 is 50.5 Å². The first-order valence-corrected chi connectivity index (χ1v) is 14.1. The van der Waals surface area contributed by atoms with Gasteiger partial charge in [-0.2, -0.15) is 0 Å². The molecule has 0 radical (unpaired) electrons. The van der Waals surface area contributed by atoms with Crippen LogP contribution in [0.4, 0.5) is 5.69 Å². The van der Waals surface area contributed by atoms with Gasteiger partial charge in [0, 0.05) is 4.47 Å². The van der Waals surface area contributed by atoms with Crippen molar-refractivity contribution in [3.05, 3.63) is 129 Å². The highest BCUT2D eigenvalue weighted by atomic mass is 79.9. The molecule has 7 heteroatoms. The third-order valence-corrected chi connectivity index (χ3v) is 7.79. The maximum atomic E-state index is 13.7. The Balaban J connectivity index is 1.42. The van der Waals surface area contributed by atoms with Gasteiger partial charge in [-0.05, 0) is 77.9 Å². The van der Waals surface area contributed by atoms with Crippen LogP contribution < -0.4 is 9.47 Å². The van der Waals surface area contributed by atoms with E-state index in [1.807, 2.05) is 116 Å². The Labute approximate surface area is 241 Å². The number of aliphatic imine (C=N–C) groups is 1. The highest BCUT2D eigenvalue weighted by molar-refractivity contribution is 9.10. The largest absolute Gasteiger partial charge is 0.493 e. The minimum atomic E-state index is -0.177. The van der Waals surface area contributed by atoms with Crippen LogP contribution in [0.5, 0.6) is 11.5 Å². The van der Waals surface area contributed by atoms with Gasteiger partial charge in [0.15, 0.2) is 16.7 Å². The third kappa shape index (κ3) is 6.44. The lowest BCUT2D eigenvalue weighted by molar-refractivity contribution is -0.123. The summed E-state index contributed by atoms with van der Waals surface area (Å²) in [6, 6.07) is 33.2. The lowest BCUT2D eigenvalue weighted by Crippen LogP contribution is -2.32. The standard InChI is InChI=1S/C32H27BrN2O3S/c1-22(25-9-5-3-6-10-25)35-31(36)30(39-32(35)34-27-11-7-4-8-12-27)20-24-15-18-28(29(19-24)37-2)38-21-23-13-16-26(33)17-14-23/h3-20,22H,21H2,1-2H3/b30-20+,34-32?/t22-/m1/s1. The molecule has 0 saturated carbocycles. The van der Waals surface area contributed by atoms with E-state index in [1.54, 1.807) is 12.0 Å². The summed E-state index contributed by atoms with van der Waals surface area (Å²) in [4.78, 5) is 20.9. The van der Waals surface area contributed by atoms with Gasteiger partial charge in [0.05, 0.1) is 23.7 Å². The fourth-order valence-corrected chi connectivity index (χ4v) is 5.52. The van der Waals surface area contributed by atoms with Crippen molar-refractivity contribution in [3.63, 3.8) is 0 Å². The lowest BCUT2D eigenvalue weighted by Gasteiger charge is -2.24. The quantitative estimate of drug-likeness (QED) is 0.191. The van der Waals surface area contributed by atoms with Crippen LogP contribution >= 0.6 is 27.7 Å². The normalized spacial score (nSPS) is 16.1. The zero-order valence-corrected chi connectivity index (χ0v) is 24.0. The average Bonchev–Trinajstić information content (AvgIpc) is 3.27. The van der Waals surface area contributed by atoms with E-state index in [4.69, 9.17) is 14.5 Å². The number of halogens is 1. The highest BCUT2D eigenvalue weighted by Crippen LogP contribution is 2.40. The van der Waals surface area contributed by atoms with Crippen LogP contribution in [0.15, 0.2) is 117 Å². The van der Waals surface area contributed by atoms with Crippen LogP contribution in [0.25, 0.3) is 6.08 Å². The summed E-state index contributed by atoms with van der Waals surface area (Å²) in [5, 5.41) is 0.648. The Morgan fingerprint density at radius 2 is 1.62 bits per heavy atom. The summed E-state index contributed by atoms with van der Waals surface area (Å²) in [6.07, 6.45) is 1.88. The second-order valence-corrected chi connectivity index (χ2v) is 10.9. The van der Waals surface area contributed by atoms with E-state index in [-0.39, 0.29) is 11.9 Å². The molecule has 0 unspecified atom stereocenters. The predicted octanol–water partition coefficient (Wildman–Crippen LogP) is 8.40. The highest BCUT2D eigenvalue weighted by Gasteiger charge is 2.37. The molecule has 1 heterocycles. The molecular formula is C32H27BrN2O3S. The number of thioether (sulfide) groups is 1. The number of para-hydroxylation sites is 1. The molecule has 4 aromatic rings. The zero-order chi connectivity index (χ0) is 27.2. The van der Waals surface area contributed by atoms with Crippen molar-refractivity contribution in [2.75, 3.05) is 7.11 Å². The Morgan fingerprint density at radius 1 is 0.923 bits per heavy atom. The van der Waals surface area contributed by atoms with Gasteiger partial charge in [0.2, 0.25) is 0 Å².